The van der Waals surface area contributed by atoms with Gasteiger partial charge < -0.3 is 5.11 Å². The minimum absolute atomic E-state index is 0.569. The van der Waals surface area contributed by atoms with E-state index in [1.165, 1.54) is 12.0 Å². The normalized spacial score (nSPS) is 17.7. The van der Waals surface area contributed by atoms with Gasteiger partial charge in [0.2, 0.25) is 0 Å². The van der Waals surface area contributed by atoms with Crippen LogP contribution in [0.5, 0.6) is 0 Å². The first kappa shape index (κ1) is 11.3. The van der Waals surface area contributed by atoms with Crippen molar-refractivity contribution in [2.24, 2.45) is 5.41 Å². The summed E-state index contributed by atoms with van der Waals surface area (Å²) in [6, 6.07) is 0. The van der Waals surface area contributed by atoms with Gasteiger partial charge in [0.1, 0.15) is 0 Å². The van der Waals surface area contributed by atoms with Crippen molar-refractivity contribution in [3.63, 3.8) is 0 Å². The van der Waals surface area contributed by atoms with Gasteiger partial charge in [0.15, 0.2) is 0 Å². The zero-order valence-electron chi connectivity index (χ0n) is 9.18. The zero-order valence-corrected chi connectivity index (χ0v) is 9.18. The summed E-state index contributed by atoms with van der Waals surface area (Å²) in [5.74, 6) is -0.643. The van der Waals surface area contributed by atoms with Crippen LogP contribution in [-0.2, 0) is 4.79 Å². The molecule has 14 heavy (non-hydrogen) atoms. The van der Waals surface area contributed by atoms with Crippen molar-refractivity contribution in [3.8, 4) is 0 Å². The Kier molecular flexibility index (Phi) is 3.73. The van der Waals surface area contributed by atoms with Crippen molar-refractivity contribution < 1.29 is 9.90 Å². The van der Waals surface area contributed by atoms with E-state index in [2.05, 4.69) is 6.08 Å². The Hall–Kier alpha value is -0.790. The molecule has 1 N–H and O–H groups in total. The lowest BCUT2D eigenvalue weighted by Crippen LogP contribution is -2.32. The molecule has 2 nitrogen and oxygen atoms in total. The number of aliphatic carboxylic acids is 1. The Bertz CT molecular complexity index is 237. The van der Waals surface area contributed by atoms with Crippen molar-refractivity contribution >= 4 is 5.97 Å². The lowest BCUT2D eigenvalue weighted by Gasteiger charge is -2.31. The highest BCUT2D eigenvalue weighted by atomic mass is 16.4. The Morgan fingerprint density at radius 2 is 2.07 bits per heavy atom. The SMILES string of the molecule is CCC(CC)(C(=O)O)C1=CCCCC1. The average molecular weight is 196 g/mol. The maximum atomic E-state index is 11.3. The van der Waals surface area contributed by atoms with E-state index in [0.29, 0.717) is 12.8 Å². The summed E-state index contributed by atoms with van der Waals surface area (Å²) in [4.78, 5) is 11.3. The lowest BCUT2D eigenvalue weighted by atomic mass is 9.72. The van der Waals surface area contributed by atoms with Crippen LogP contribution in [0.25, 0.3) is 0 Å². The Balaban J connectivity index is 2.96. The molecule has 0 aliphatic heterocycles. The number of carboxylic acids is 1. The molecule has 0 bridgehead atoms. The molecule has 0 unspecified atom stereocenters. The molecule has 0 atom stereocenters. The van der Waals surface area contributed by atoms with Crippen molar-refractivity contribution in [1.82, 2.24) is 0 Å². The first-order valence-electron chi connectivity index (χ1n) is 5.60. The second kappa shape index (κ2) is 4.63. The van der Waals surface area contributed by atoms with E-state index in [4.69, 9.17) is 0 Å². The van der Waals surface area contributed by atoms with Gasteiger partial charge in [0.25, 0.3) is 0 Å². The molecule has 0 radical (unpaired) electrons. The van der Waals surface area contributed by atoms with E-state index in [1.54, 1.807) is 0 Å². The van der Waals surface area contributed by atoms with E-state index in [0.717, 1.165) is 19.3 Å². The first-order chi connectivity index (χ1) is 6.67. The Morgan fingerprint density at radius 3 is 2.43 bits per heavy atom. The largest absolute Gasteiger partial charge is 0.481 e. The molecule has 2 heteroatoms. The van der Waals surface area contributed by atoms with E-state index < -0.39 is 11.4 Å². The maximum absolute atomic E-state index is 11.3. The average Bonchev–Trinajstić information content (AvgIpc) is 2.22. The van der Waals surface area contributed by atoms with E-state index in [9.17, 15) is 9.90 Å². The quantitative estimate of drug-likeness (QED) is 0.700. The maximum Gasteiger partial charge on any atom is 0.313 e. The van der Waals surface area contributed by atoms with Crippen LogP contribution in [-0.4, -0.2) is 11.1 Å². The van der Waals surface area contributed by atoms with Crippen LogP contribution in [0.1, 0.15) is 52.4 Å². The Morgan fingerprint density at radius 1 is 1.43 bits per heavy atom. The molecule has 0 heterocycles. The van der Waals surface area contributed by atoms with Gasteiger partial charge in [-0.05, 0) is 38.5 Å². The summed E-state index contributed by atoms with van der Waals surface area (Å²) in [5.41, 5.74) is 0.599. The second-order valence-electron chi connectivity index (χ2n) is 4.07. The first-order valence-corrected chi connectivity index (χ1v) is 5.60. The number of carbonyl (C=O) groups is 1. The zero-order chi connectivity index (χ0) is 10.6. The van der Waals surface area contributed by atoms with Gasteiger partial charge in [-0.25, -0.2) is 0 Å². The summed E-state index contributed by atoms with van der Waals surface area (Å²) < 4.78 is 0. The highest BCUT2D eigenvalue weighted by molar-refractivity contribution is 5.78. The molecule has 0 spiro atoms. The van der Waals surface area contributed by atoms with Crippen LogP contribution in [0.2, 0.25) is 0 Å². The van der Waals surface area contributed by atoms with Gasteiger partial charge in [-0.15, -0.1) is 0 Å². The fourth-order valence-electron chi connectivity index (χ4n) is 2.42. The molecule has 80 valence electrons. The van der Waals surface area contributed by atoms with Crippen LogP contribution < -0.4 is 0 Å². The molecule has 1 rings (SSSR count). The molecule has 0 aromatic heterocycles. The topological polar surface area (TPSA) is 37.3 Å². The van der Waals surface area contributed by atoms with Crippen molar-refractivity contribution in [2.75, 3.05) is 0 Å². The third-order valence-corrected chi connectivity index (χ3v) is 3.52. The molecule has 0 aromatic rings. The minimum Gasteiger partial charge on any atom is -0.481 e. The molecule has 0 saturated heterocycles. The third kappa shape index (κ3) is 1.84. The predicted octanol–water partition coefficient (Wildman–Crippen LogP) is 3.38. The van der Waals surface area contributed by atoms with Crippen molar-refractivity contribution in [3.05, 3.63) is 11.6 Å². The van der Waals surface area contributed by atoms with Crippen LogP contribution >= 0.6 is 0 Å². The van der Waals surface area contributed by atoms with Gasteiger partial charge in [-0.1, -0.05) is 25.5 Å². The van der Waals surface area contributed by atoms with Gasteiger partial charge in [-0.3, -0.25) is 4.79 Å². The Labute approximate surface area is 86.0 Å². The molecular weight excluding hydrogens is 176 g/mol. The number of hydrogen-bond acceptors (Lipinski definition) is 1. The smallest absolute Gasteiger partial charge is 0.313 e. The predicted molar refractivity (Wildman–Crippen MR) is 57.2 cm³/mol. The molecule has 1 aliphatic carbocycles. The summed E-state index contributed by atoms with van der Waals surface area (Å²) >= 11 is 0. The molecule has 0 saturated carbocycles. The number of rotatable bonds is 4. The number of allylic oxidation sites excluding steroid dienone is 1. The molecule has 0 amide bonds. The molecule has 0 aromatic carbocycles. The van der Waals surface area contributed by atoms with Gasteiger partial charge >= 0.3 is 5.97 Å². The summed E-state index contributed by atoms with van der Waals surface area (Å²) in [6.07, 6.45) is 7.99. The molecular formula is C12H20O2. The van der Waals surface area contributed by atoms with Crippen LogP contribution in [0, 0.1) is 5.41 Å². The van der Waals surface area contributed by atoms with Crippen LogP contribution in [0.15, 0.2) is 11.6 Å². The fraction of sp³-hybridized carbons (Fsp3) is 0.750. The van der Waals surface area contributed by atoms with Crippen LogP contribution in [0.3, 0.4) is 0 Å². The standard InChI is InChI=1S/C12H20O2/c1-3-12(4-2,11(13)14)10-8-6-5-7-9-10/h8H,3-7,9H2,1-2H3,(H,13,14). The number of hydrogen-bond donors (Lipinski definition) is 1. The van der Waals surface area contributed by atoms with Crippen molar-refractivity contribution in [1.29, 1.82) is 0 Å². The summed E-state index contributed by atoms with van der Waals surface area (Å²) in [6.45, 7) is 3.96. The second-order valence-corrected chi connectivity index (χ2v) is 4.07. The van der Waals surface area contributed by atoms with Crippen LogP contribution in [0.4, 0.5) is 0 Å². The molecule has 0 fully saturated rings. The van der Waals surface area contributed by atoms with Gasteiger partial charge in [0, 0.05) is 0 Å². The minimum atomic E-state index is -0.643. The highest BCUT2D eigenvalue weighted by Crippen LogP contribution is 2.40. The van der Waals surface area contributed by atoms with E-state index in [1.807, 2.05) is 13.8 Å². The van der Waals surface area contributed by atoms with Gasteiger partial charge in [0.05, 0.1) is 5.41 Å². The summed E-state index contributed by atoms with van der Waals surface area (Å²) in [5, 5.41) is 9.34. The lowest BCUT2D eigenvalue weighted by molar-refractivity contribution is -0.147. The fourth-order valence-corrected chi connectivity index (χ4v) is 2.42. The monoisotopic (exact) mass is 196 g/mol. The van der Waals surface area contributed by atoms with E-state index >= 15 is 0 Å². The highest BCUT2D eigenvalue weighted by Gasteiger charge is 2.38. The van der Waals surface area contributed by atoms with Gasteiger partial charge in [-0.2, -0.15) is 0 Å². The third-order valence-electron chi connectivity index (χ3n) is 3.52. The summed E-state index contributed by atoms with van der Waals surface area (Å²) in [7, 11) is 0. The van der Waals surface area contributed by atoms with E-state index in [-0.39, 0.29) is 0 Å². The molecule has 1 aliphatic rings. The van der Waals surface area contributed by atoms with Crippen molar-refractivity contribution in [2.45, 2.75) is 52.4 Å². The number of carboxylic acid groups (broad SMARTS) is 1.